The first-order valence-corrected chi connectivity index (χ1v) is 6.47. The molecule has 0 atom stereocenters. The summed E-state index contributed by atoms with van der Waals surface area (Å²) in [4.78, 5) is 0.242. The van der Waals surface area contributed by atoms with E-state index >= 15 is 0 Å². The van der Waals surface area contributed by atoms with Gasteiger partial charge in [-0.25, -0.2) is 8.42 Å². The van der Waals surface area contributed by atoms with Crippen molar-refractivity contribution in [3.05, 3.63) is 29.8 Å². The fourth-order valence-corrected chi connectivity index (χ4v) is 1.56. The quantitative estimate of drug-likeness (QED) is 0.319. The summed E-state index contributed by atoms with van der Waals surface area (Å²) in [6.07, 6.45) is 0. The van der Waals surface area contributed by atoms with Crippen LogP contribution in [0.3, 0.4) is 0 Å². The molecular weight excluding hydrogens is 356 g/mol. The van der Waals surface area contributed by atoms with Crippen molar-refractivity contribution in [3.8, 4) is 5.40 Å². The maximum atomic E-state index is 10.8. The molecule has 17 heavy (non-hydrogen) atoms. The fraction of sp³-hybridized carbons (Fsp3) is 0.125. The monoisotopic (exact) mass is 367 g/mol. The van der Waals surface area contributed by atoms with E-state index in [1.807, 2.05) is 6.92 Å². The van der Waals surface area contributed by atoms with E-state index in [1.54, 1.807) is 12.1 Å². The molecule has 9 heteroatoms. The van der Waals surface area contributed by atoms with Crippen molar-refractivity contribution in [3.63, 3.8) is 0 Å². The van der Waals surface area contributed by atoms with Crippen LogP contribution in [-0.2, 0) is 8.87 Å². The van der Waals surface area contributed by atoms with Gasteiger partial charge in [-0.15, -0.1) is 0 Å². The molecule has 1 aromatic carbocycles. The predicted octanol–water partition coefficient (Wildman–Crippen LogP) is 0.0653. The van der Waals surface area contributed by atoms with Crippen molar-refractivity contribution in [2.45, 2.75) is 11.8 Å². The zero-order valence-corrected chi connectivity index (χ0v) is 9.98. The molecule has 0 aliphatic rings. The SMILES string of the molecule is Cc1ccc(S(=O)(=O)S)cc1.N#CS.[KH].[KH].[KH]. The van der Waals surface area contributed by atoms with Crippen LogP contribution in [0.4, 0.5) is 0 Å². The van der Waals surface area contributed by atoms with Gasteiger partial charge in [0, 0.05) is 0 Å². The molecule has 0 aromatic heterocycles. The fourth-order valence-electron chi connectivity index (χ4n) is 0.710. The van der Waals surface area contributed by atoms with Crippen molar-refractivity contribution in [1.82, 2.24) is 0 Å². The second-order valence-electron chi connectivity index (χ2n) is 2.39. The van der Waals surface area contributed by atoms with E-state index in [-0.39, 0.29) is 159 Å². The molecular formula is C8H12K3NO2S3. The van der Waals surface area contributed by atoms with Gasteiger partial charge in [0.05, 0.1) is 4.90 Å². The zero-order chi connectivity index (χ0) is 11.2. The van der Waals surface area contributed by atoms with Gasteiger partial charge in [0.1, 0.15) is 5.40 Å². The molecule has 0 spiro atoms. The topological polar surface area (TPSA) is 57.9 Å². The van der Waals surface area contributed by atoms with Gasteiger partial charge < -0.3 is 0 Å². The first kappa shape index (κ1) is 29.3. The van der Waals surface area contributed by atoms with Crippen LogP contribution in [-0.4, -0.2) is 163 Å². The molecule has 0 saturated heterocycles. The summed E-state index contributed by atoms with van der Waals surface area (Å²) in [5, 5.41) is 8.63. The third-order valence-corrected chi connectivity index (χ3v) is 2.82. The Labute approximate surface area is 241 Å². The van der Waals surface area contributed by atoms with E-state index in [2.05, 4.69) is 24.3 Å². The average Bonchev–Trinajstić information content (AvgIpc) is 2.04. The Hall–Kier alpha value is 4.27. The molecule has 0 radical (unpaired) electrons. The first-order valence-electron chi connectivity index (χ1n) is 3.49. The van der Waals surface area contributed by atoms with Gasteiger partial charge in [-0.05, 0) is 30.7 Å². The standard InChI is InChI=1S/C7H8O2S2.CHNS.3K.3H/c1-6-2-4-7(5-3-6)11(8,9)10;2-1-3;;;;;;/h2-5H,1H3,(H,8,9,10);3H;;;;;;. The summed E-state index contributed by atoms with van der Waals surface area (Å²) in [6, 6.07) is 6.56. The molecule has 0 unspecified atom stereocenters. The van der Waals surface area contributed by atoms with Crippen LogP contribution in [0.2, 0.25) is 0 Å². The number of thiol groups is 2. The number of nitrogens with zero attached hydrogens (tertiary/aromatic N) is 1. The van der Waals surface area contributed by atoms with Crippen LogP contribution in [0.15, 0.2) is 29.2 Å². The normalized spacial score (nSPS) is 7.88. The number of hydrogen-bond acceptors (Lipinski definition) is 4. The minimum absolute atomic E-state index is 0. The Morgan fingerprint density at radius 3 is 1.65 bits per heavy atom. The Balaban J connectivity index is -0.000000128. The molecule has 0 aliphatic heterocycles. The van der Waals surface area contributed by atoms with Crippen LogP contribution in [0.25, 0.3) is 0 Å². The summed E-state index contributed by atoms with van der Waals surface area (Å²) in [7, 11) is -3.33. The number of nitriles is 1. The molecule has 3 nitrogen and oxygen atoms in total. The number of hydrogen-bond donors (Lipinski definition) is 2. The van der Waals surface area contributed by atoms with E-state index in [1.165, 1.54) is 17.5 Å². The Bertz CT molecular complexity index is 428. The number of rotatable bonds is 1. The van der Waals surface area contributed by atoms with Crippen molar-refractivity contribution >= 4 is 187 Å². The van der Waals surface area contributed by atoms with Crippen LogP contribution >= 0.6 is 24.3 Å². The molecule has 0 bridgehead atoms. The van der Waals surface area contributed by atoms with Crippen molar-refractivity contribution in [2.75, 3.05) is 0 Å². The average molecular weight is 368 g/mol. The van der Waals surface area contributed by atoms with Gasteiger partial charge in [0.25, 0.3) is 0 Å². The summed E-state index contributed by atoms with van der Waals surface area (Å²) < 4.78 is 21.6. The number of thiocyanates is 1. The van der Waals surface area contributed by atoms with Crippen LogP contribution in [0, 0.1) is 17.6 Å². The zero-order valence-electron chi connectivity index (χ0n) is 7.38. The molecule has 0 amide bonds. The summed E-state index contributed by atoms with van der Waals surface area (Å²) in [5.74, 6) is 0. The van der Waals surface area contributed by atoms with Crippen molar-refractivity contribution in [2.24, 2.45) is 0 Å². The third kappa shape index (κ3) is 16.5. The van der Waals surface area contributed by atoms with E-state index < -0.39 is 8.87 Å². The predicted molar refractivity (Wildman–Crippen MR) is 83.4 cm³/mol. The molecule has 82 valence electrons. The molecule has 0 N–H and O–H groups in total. The van der Waals surface area contributed by atoms with Crippen LogP contribution in [0.1, 0.15) is 5.56 Å². The van der Waals surface area contributed by atoms with E-state index in [9.17, 15) is 8.42 Å². The van der Waals surface area contributed by atoms with Gasteiger partial charge in [-0.2, -0.15) is 5.26 Å². The maximum absolute atomic E-state index is 10.8. The van der Waals surface area contributed by atoms with Crippen molar-refractivity contribution in [1.29, 1.82) is 5.26 Å². The van der Waals surface area contributed by atoms with E-state index in [0.29, 0.717) is 0 Å². The van der Waals surface area contributed by atoms with E-state index in [0.717, 1.165) is 5.56 Å². The van der Waals surface area contributed by atoms with Crippen molar-refractivity contribution < 1.29 is 8.42 Å². The van der Waals surface area contributed by atoms with Gasteiger partial charge in [0.2, 0.25) is 8.87 Å². The van der Waals surface area contributed by atoms with Crippen LogP contribution in [0.5, 0.6) is 0 Å². The first-order chi connectivity index (χ1) is 6.41. The Kier molecular flexibility index (Phi) is 28.7. The van der Waals surface area contributed by atoms with Gasteiger partial charge >= 0.3 is 154 Å². The third-order valence-electron chi connectivity index (χ3n) is 1.32. The van der Waals surface area contributed by atoms with Gasteiger partial charge in [-0.1, -0.05) is 30.3 Å². The van der Waals surface area contributed by atoms with Gasteiger partial charge in [-0.3, -0.25) is 0 Å². The minimum atomic E-state index is -3.33. The summed E-state index contributed by atoms with van der Waals surface area (Å²) in [6.45, 7) is 1.90. The Morgan fingerprint density at radius 1 is 1.12 bits per heavy atom. The number of benzene rings is 1. The molecule has 0 aliphatic carbocycles. The second-order valence-corrected chi connectivity index (χ2v) is 5.45. The second kappa shape index (κ2) is 16.6. The Morgan fingerprint density at radius 2 is 1.41 bits per heavy atom. The molecule has 1 aromatic rings. The molecule has 0 saturated carbocycles. The van der Waals surface area contributed by atoms with Crippen LogP contribution < -0.4 is 0 Å². The van der Waals surface area contributed by atoms with Gasteiger partial charge in [0.15, 0.2) is 0 Å². The summed E-state index contributed by atoms with van der Waals surface area (Å²) in [5.41, 5.74) is 1.03. The number of aryl methyl sites for hydroxylation is 1. The summed E-state index contributed by atoms with van der Waals surface area (Å²) >= 11 is 6.54. The molecule has 0 fully saturated rings. The molecule has 0 heterocycles. The van der Waals surface area contributed by atoms with E-state index in [4.69, 9.17) is 5.26 Å². The molecule has 1 rings (SSSR count).